The standard InChI is InChI=1S/C23H18F3N7O/c1-14-12-27-33(13-14)21-20(32-9-4-3-5-19(32)28-21)29-22(34)15-6-7-17(23(24,25)26)16(11-15)18-8-10-31(2)30-18/h3-13H,1-2H3,(H,29,34). The first kappa shape index (κ1) is 21.4. The molecule has 1 aromatic carbocycles. The Hall–Kier alpha value is -4.41. The Balaban J connectivity index is 1.58. The van der Waals surface area contributed by atoms with Crippen LogP contribution in [0, 0.1) is 6.92 Å². The monoisotopic (exact) mass is 465 g/mol. The highest BCUT2D eigenvalue weighted by Crippen LogP contribution is 2.37. The molecule has 1 N–H and O–H groups in total. The number of nitrogens with zero attached hydrogens (tertiary/aromatic N) is 6. The van der Waals surface area contributed by atoms with Gasteiger partial charge >= 0.3 is 6.18 Å². The molecule has 0 radical (unpaired) electrons. The van der Waals surface area contributed by atoms with Crippen LogP contribution in [-0.2, 0) is 13.2 Å². The number of pyridine rings is 1. The zero-order valence-electron chi connectivity index (χ0n) is 18.1. The Morgan fingerprint density at radius 2 is 1.91 bits per heavy atom. The van der Waals surface area contributed by atoms with Crippen LogP contribution in [0.15, 0.2) is 67.3 Å². The Labute approximate surface area is 191 Å². The number of carbonyl (C=O) groups excluding carboxylic acids is 1. The summed E-state index contributed by atoms with van der Waals surface area (Å²) >= 11 is 0. The smallest absolute Gasteiger partial charge is 0.304 e. The van der Waals surface area contributed by atoms with Crippen LogP contribution in [0.4, 0.5) is 19.0 Å². The Morgan fingerprint density at radius 1 is 1.09 bits per heavy atom. The predicted octanol–water partition coefficient (Wildman–Crippen LogP) is 4.50. The molecule has 11 heteroatoms. The van der Waals surface area contributed by atoms with E-state index in [1.807, 2.05) is 6.92 Å². The maximum absolute atomic E-state index is 13.6. The lowest BCUT2D eigenvalue weighted by Gasteiger charge is -2.13. The fourth-order valence-electron chi connectivity index (χ4n) is 3.67. The molecule has 4 heterocycles. The van der Waals surface area contributed by atoms with Crippen LogP contribution in [0.1, 0.15) is 21.5 Å². The summed E-state index contributed by atoms with van der Waals surface area (Å²) in [5, 5.41) is 11.2. The van der Waals surface area contributed by atoms with Crippen LogP contribution in [-0.4, -0.2) is 34.9 Å². The molecule has 8 nitrogen and oxygen atoms in total. The fourth-order valence-corrected chi connectivity index (χ4v) is 3.67. The Kier molecular flexibility index (Phi) is 4.96. The molecule has 0 spiro atoms. The van der Waals surface area contributed by atoms with Crippen molar-refractivity contribution in [3.05, 3.63) is 83.9 Å². The van der Waals surface area contributed by atoms with E-state index in [-0.39, 0.29) is 16.8 Å². The second-order valence-electron chi connectivity index (χ2n) is 7.76. The van der Waals surface area contributed by atoms with E-state index in [1.165, 1.54) is 21.5 Å². The van der Waals surface area contributed by atoms with Crippen molar-refractivity contribution in [1.29, 1.82) is 0 Å². The van der Waals surface area contributed by atoms with Crippen molar-refractivity contribution in [2.45, 2.75) is 13.1 Å². The van der Waals surface area contributed by atoms with E-state index in [1.54, 1.807) is 54.4 Å². The number of rotatable bonds is 4. The fraction of sp³-hybridized carbons (Fsp3) is 0.130. The Morgan fingerprint density at radius 3 is 2.59 bits per heavy atom. The summed E-state index contributed by atoms with van der Waals surface area (Å²) in [6.07, 6.45) is 2.08. The van der Waals surface area contributed by atoms with Gasteiger partial charge in [0, 0.05) is 36.8 Å². The van der Waals surface area contributed by atoms with E-state index in [2.05, 4.69) is 20.5 Å². The van der Waals surface area contributed by atoms with E-state index in [0.717, 1.165) is 17.7 Å². The molecule has 0 aliphatic carbocycles. The van der Waals surface area contributed by atoms with Crippen molar-refractivity contribution in [1.82, 2.24) is 28.9 Å². The number of hydrogen-bond donors (Lipinski definition) is 1. The van der Waals surface area contributed by atoms with E-state index in [0.29, 0.717) is 17.3 Å². The number of benzene rings is 1. The van der Waals surface area contributed by atoms with Crippen LogP contribution in [0.5, 0.6) is 0 Å². The molecule has 0 fully saturated rings. The van der Waals surface area contributed by atoms with Crippen molar-refractivity contribution >= 4 is 17.4 Å². The molecule has 0 aliphatic rings. The normalized spacial score (nSPS) is 11.8. The van der Waals surface area contributed by atoms with Crippen LogP contribution >= 0.6 is 0 Å². The van der Waals surface area contributed by atoms with Crippen LogP contribution in [0.25, 0.3) is 22.7 Å². The minimum absolute atomic E-state index is 0.0436. The zero-order valence-corrected chi connectivity index (χ0v) is 18.1. The maximum Gasteiger partial charge on any atom is 0.417 e. The third-order valence-corrected chi connectivity index (χ3v) is 5.25. The molecule has 5 aromatic rings. The molecule has 1 amide bonds. The second-order valence-corrected chi connectivity index (χ2v) is 7.76. The molecule has 0 aliphatic heterocycles. The molecule has 34 heavy (non-hydrogen) atoms. The quantitative estimate of drug-likeness (QED) is 0.424. The molecule has 5 rings (SSSR count). The number of fused-ring (bicyclic) bond motifs is 1. The van der Waals surface area contributed by atoms with Gasteiger partial charge in [0.05, 0.1) is 17.5 Å². The second kappa shape index (κ2) is 7.87. The van der Waals surface area contributed by atoms with Gasteiger partial charge in [-0.05, 0) is 48.9 Å². The van der Waals surface area contributed by atoms with Gasteiger partial charge in [0.1, 0.15) is 5.65 Å². The van der Waals surface area contributed by atoms with Gasteiger partial charge in [0.25, 0.3) is 5.91 Å². The van der Waals surface area contributed by atoms with Gasteiger partial charge in [0.2, 0.25) is 0 Å². The molecule has 4 aromatic heterocycles. The summed E-state index contributed by atoms with van der Waals surface area (Å²) in [7, 11) is 1.61. The third kappa shape index (κ3) is 3.81. The third-order valence-electron chi connectivity index (χ3n) is 5.25. The highest BCUT2D eigenvalue weighted by molar-refractivity contribution is 6.05. The Bertz CT molecular complexity index is 1530. The minimum atomic E-state index is -4.60. The van der Waals surface area contributed by atoms with E-state index < -0.39 is 17.6 Å². The van der Waals surface area contributed by atoms with Gasteiger partial charge < -0.3 is 5.32 Å². The van der Waals surface area contributed by atoms with Gasteiger partial charge in [-0.3, -0.25) is 13.9 Å². The summed E-state index contributed by atoms with van der Waals surface area (Å²) in [5.74, 6) is 0.120. The summed E-state index contributed by atoms with van der Waals surface area (Å²) < 4.78 is 45.5. The zero-order chi connectivity index (χ0) is 24.0. The number of aromatic nitrogens is 6. The van der Waals surface area contributed by atoms with Crippen molar-refractivity contribution in [2.24, 2.45) is 7.05 Å². The average Bonchev–Trinajstić information content (AvgIpc) is 3.51. The molecule has 0 bridgehead atoms. The lowest BCUT2D eigenvalue weighted by Crippen LogP contribution is -2.16. The number of anilines is 1. The summed E-state index contributed by atoms with van der Waals surface area (Å²) in [5.41, 5.74) is 0.584. The van der Waals surface area contributed by atoms with E-state index >= 15 is 0 Å². The average molecular weight is 465 g/mol. The molecule has 0 saturated heterocycles. The first-order valence-corrected chi connectivity index (χ1v) is 10.2. The number of nitrogens with one attached hydrogen (secondary N) is 1. The number of aryl methyl sites for hydroxylation is 2. The summed E-state index contributed by atoms with van der Waals surface area (Å²) in [4.78, 5) is 17.7. The van der Waals surface area contributed by atoms with Gasteiger partial charge in [-0.2, -0.15) is 23.4 Å². The van der Waals surface area contributed by atoms with Gasteiger partial charge in [-0.15, -0.1) is 0 Å². The predicted molar refractivity (Wildman–Crippen MR) is 119 cm³/mol. The van der Waals surface area contributed by atoms with Gasteiger partial charge in [-0.1, -0.05) is 6.07 Å². The number of carbonyl (C=O) groups is 1. The van der Waals surface area contributed by atoms with Gasteiger partial charge in [0.15, 0.2) is 11.6 Å². The molecular formula is C23H18F3N7O. The van der Waals surface area contributed by atoms with Crippen molar-refractivity contribution in [3.8, 4) is 17.1 Å². The molecule has 0 saturated carbocycles. The van der Waals surface area contributed by atoms with Crippen LogP contribution in [0.3, 0.4) is 0 Å². The first-order chi connectivity index (χ1) is 16.2. The van der Waals surface area contributed by atoms with E-state index in [4.69, 9.17) is 0 Å². The van der Waals surface area contributed by atoms with Crippen LogP contribution < -0.4 is 5.32 Å². The lowest BCUT2D eigenvalue weighted by atomic mass is 10.0. The number of imidazole rings is 1. The van der Waals surface area contributed by atoms with E-state index in [9.17, 15) is 18.0 Å². The van der Waals surface area contributed by atoms with Crippen molar-refractivity contribution < 1.29 is 18.0 Å². The topological polar surface area (TPSA) is 82.0 Å². The number of hydrogen-bond acceptors (Lipinski definition) is 4. The molecule has 0 atom stereocenters. The van der Waals surface area contributed by atoms with Crippen molar-refractivity contribution in [3.63, 3.8) is 0 Å². The number of amides is 1. The summed E-state index contributed by atoms with van der Waals surface area (Å²) in [6.45, 7) is 1.87. The van der Waals surface area contributed by atoms with Crippen LogP contribution in [0.2, 0.25) is 0 Å². The lowest BCUT2D eigenvalue weighted by molar-refractivity contribution is -0.137. The van der Waals surface area contributed by atoms with Gasteiger partial charge in [-0.25, -0.2) is 9.67 Å². The minimum Gasteiger partial charge on any atom is -0.304 e. The largest absolute Gasteiger partial charge is 0.417 e. The van der Waals surface area contributed by atoms with Crippen molar-refractivity contribution in [2.75, 3.05) is 5.32 Å². The SMILES string of the molecule is Cc1cnn(-c2nc3ccccn3c2NC(=O)c2ccc(C(F)(F)F)c(-c3ccn(C)n3)c2)c1. The molecule has 0 unspecified atom stereocenters. The number of halogens is 3. The highest BCUT2D eigenvalue weighted by Gasteiger charge is 2.34. The number of alkyl halides is 3. The first-order valence-electron chi connectivity index (χ1n) is 10.2. The molecule has 172 valence electrons. The highest BCUT2D eigenvalue weighted by atomic mass is 19.4. The molecular weight excluding hydrogens is 447 g/mol. The summed E-state index contributed by atoms with van der Waals surface area (Å²) in [6, 6.07) is 10.1. The maximum atomic E-state index is 13.6.